The molecule has 0 spiro atoms. The van der Waals surface area contributed by atoms with E-state index in [4.69, 9.17) is 4.74 Å². The van der Waals surface area contributed by atoms with Crippen molar-refractivity contribution in [1.29, 1.82) is 0 Å². The van der Waals surface area contributed by atoms with Crippen LogP contribution in [0.3, 0.4) is 0 Å². The molecule has 0 unspecified atom stereocenters. The van der Waals surface area contributed by atoms with Gasteiger partial charge in [0.05, 0.1) is 18.0 Å². The van der Waals surface area contributed by atoms with Crippen LogP contribution < -0.4 is 5.32 Å². The van der Waals surface area contributed by atoms with E-state index in [0.717, 1.165) is 18.4 Å². The van der Waals surface area contributed by atoms with Crippen molar-refractivity contribution in [3.63, 3.8) is 0 Å². The van der Waals surface area contributed by atoms with Crippen molar-refractivity contribution in [3.05, 3.63) is 33.9 Å². The highest BCUT2D eigenvalue weighted by Crippen LogP contribution is 2.29. The second-order valence-electron chi connectivity index (χ2n) is 5.77. The summed E-state index contributed by atoms with van der Waals surface area (Å²) in [4.78, 5) is 24.6. The maximum Gasteiger partial charge on any atom is 0.292 e. The quantitative estimate of drug-likeness (QED) is 0.642. The topological polar surface area (TPSA) is 84.7 Å². The summed E-state index contributed by atoms with van der Waals surface area (Å²) in [5, 5.41) is 14.5. The molecule has 1 aromatic carbocycles. The van der Waals surface area contributed by atoms with Gasteiger partial charge in [-0.3, -0.25) is 14.9 Å². The first kappa shape index (κ1) is 17.2. The lowest BCUT2D eigenvalue weighted by Gasteiger charge is -2.33. The second kappa shape index (κ2) is 7.92. The number of likely N-dealkylation sites (tertiary alicyclic amines) is 1. The van der Waals surface area contributed by atoms with Gasteiger partial charge in [0.1, 0.15) is 5.69 Å². The lowest BCUT2D eigenvalue weighted by atomic mass is 10.0. The van der Waals surface area contributed by atoms with Gasteiger partial charge in [0.2, 0.25) is 5.91 Å². The van der Waals surface area contributed by atoms with E-state index in [-0.39, 0.29) is 22.6 Å². The van der Waals surface area contributed by atoms with Gasteiger partial charge in [0.25, 0.3) is 5.69 Å². The Hall–Kier alpha value is -2.15. The number of hydrogen-bond donors (Lipinski definition) is 1. The third-order valence-electron chi connectivity index (χ3n) is 4.16. The number of rotatable bonds is 6. The Kier molecular flexibility index (Phi) is 5.92. The maximum absolute atomic E-state index is 12.0. The molecule has 1 aliphatic heterocycles. The maximum atomic E-state index is 12.0. The summed E-state index contributed by atoms with van der Waals surface area (Å²) < 4.78 is 4.93. The zero-order valence-electron chi connectivity index (χ0n) is 13.6. The fourth-order valence-corrected chi connectivity index (χ4v) is 2.82. The normalized spacial score (nSPS) is 15.5. The molecule has 0 aromatic heterocycles. The number of nitrogens with one attached hydrogen (secondary N) is 1. The minimum atomic E-state index is -0.362. The number of ether oxygens (including phenoxy) is 1. The van der Waals surface area contributed by atoms with Gasteiger partial charge >= 0.3 is 0 Å². The average molecular weight is 321 g/mol. The van der Waals surface area contributed by atoms with E-state index in [2.05, 4.69) is 5.32 Å². The number of nitrogens with zero attached hydrogens (tertiary/aromatic N) is 2. The molecule has 7 nitrogen and oxygen atoms in total. The van der Waals surface area contributed by atoms with Gasteiger partial charge in [-0.25, -0.2) is 0 Å². The Morgan fingerprint density at radius 1 is 1.43 bits per heavy atom. The van der Waals surface area contributed by atoms with Crippen molar-refractivity contribution in [2.75, 3.05) is 32.1 Å². The van der Waals surface area contributed by atoms with Crippen molar-refractivity contribution in [2.45, 2.75) is 32.2 Å². The predicted octanol–water partition coefficient (Wildman–Crippen LogP) is 2.34. The van der Waals surface area contributed by atoms with Crippen LogP contribution in [-0.4, -0.2) is 48.6 Å². The van der Waals surface area contributed by atoms with Gasteiger partial charge in [-0.05, 0) is 25.3 Å². The molecular weight excluding hydrogens is 298 g/mol. The molecule has 0 aliphatic carbocycles. The zero-order chi connectivity index (χ0) is 16.8. The largest absolute Gasteiger partial charge is 0.384 e. The summed E-state index contributed by atoms with van der Waals surface area (Å²) in [5.41, 5.74) is 1.54. The number of benzene rings is 1. The standard InChI is InChI=1S/C16H23N3O4/c1-12-4-3-5-14(19(21)22)16(12)17-13-6-9-18(10-7-13)15(20)8-11-23-2/h3-5,13,17H,6-11H2,1-2H3. The smallest absolute Gasteiger partial charge is 0.292 e. The van der Waals surface area contributed by atoms with Crippen LogP contribution in [0.25, 0.3) is 0 Å². The van der Waals surface area contributed by atoms with Crippen LogP contribution in [0.5, 0.6) is 0 Å². The minimum Gasteiger partial charge on any atom is -0.384 e. The van der Waals surface area contributed by atoms with Crippen LogP contribution >= 0.6 is 0 Å². The monoisotopic (exact) mass is 321 g/mol. The van der Waals surface area contributed by atoms with E-state index in [1.54, 1.807) is 13.2 Å². The van der Waals surface area contributed by atoms with Crippen molar-refractivity contribution < 1.29 is 14.5 Å². The van der Waals surface area contributed by atoms with Crippen molar-refractivity contribution in [3.8, 4) is 0 Å². The van der Waals surface area contributed by atoms with E-state index in [0.29, 0.717) is 31.8 Å². The van der Waals surface area contributed by atoms with Crippen LogP contribution in [0.4, 0.5) is 11.4 Å². The number of anilines is 1. The number of para-hydroxylation sites is 1. The first-order valence-corrected chi connectivity index (χ1v) is 7.80. The fourth-order valence-electron chi connectivity index (χ4n) is 2.82. The van der Waals surface area contributed by atoms with E-state index in [9.17, 15) is 14.9 Å². The Balaban J connectivity index is 1.95. The van der Waals surface area contributed by atoms with Crippen molar-refractivity contribution in [2.24, 2.45) is 0 Å². The number of carbonyl (C=O) groups excluding carboxylic acids is 1. The molecule has 2 rings (SSSR count). The molecule has 23 heavy (non-hydrogen) atoms. The molecule has 1 aromatic rings. The number of piperidine rings is 1. The van der Waals surface area contributed by atoms with Crippen LogP contribution in [0.2, 0.25) is 0 Å². The Labute approximate surface area is 135 Å². The molecule has 1 aliphatic rings. The lowest BCUT2D eigenvalue weighted by Crippen LogP contribution is -2.42. The summed E-state index contributed by atoms with van der Waals surface area (Å²) in [6, 6.07) is 5.20. The predicted molar refractivity (Wildman–Crippen MR) is 87.6 cm³/mol. The van der Waals surface area contributed by atoms with Crippen LogP contribution in [0.1, 0.15) is 24.8 Å². The van der Waals surface area contributed by atoms with Gasteiger partial charge in [0.15, 0.2) is 0 Å². The molecule has 1 fully saturated rings. The molecule has 1 saturated heterocycles. The van der Waals surface area contributed by atoms with Gasteiger partial charge in [-0.2, -0.15) is 0 Å². The molecule has 0 radical (unpaired) electrons. The molecule has 1 N–H and O–H groups in total. The number of nitro groups is 1. The van der Waals surface area contributed by atoms with Gasteiger partial charge in [-0.15, -0.1) is 0 Å². The van der Waals surface area contributed by atoms with Gasteiger partial charge in [0, 0.05) is 32.3 Å². The third kappa shape index (κ3) is 4.41. The summed E-state index contributed by atoms with van der Waals surface area (Å²) in [6.45, 7) is 3.63. The minimum absolute atomic E-state index is 0.101. The molecule has 0 atom stereocenters. The van der Waals surface area contributed by atoms with Crippen LogP contribution in [0, 0.1) is 17.0 Å². The highest BCUT2D eigenvalue weighted by atomic mass is 16.6. The molecular formula is C16H23N3O4. The molecule has 7 heteroatoms. The zero-order valence-corrected chi connectivity index (χ0v) is 13.6. The van der Waals surface area contributed by atoms with Gasteiger partial charge < -0.3 is 15.0 Å². The first-order chi connectivity index (χ1) is 11.0. The third-order valence-corrected chi connectivity index (χ3v) is 4.16. The summed E-state index contributed by atoms with van der Waals surface area (Å²) >= 11 is 0. The van der Waals surface area contributed by atoms with E-state index in [1.165, 1.54) is 6.07 Å². The van der Waals surface area contributed by atoms with E-state index >= 15 is 0 Å². The Morgan fingerprint density at radius 3 is 2.74 bits per heavy atom. The number of hydrogen-bond acceptors (Lipinski definition) is 5. The Morgan fingerprint density at radius 2 is 2.13 bits per heavy atom. The van der Waals surface area contributed by atoms with Crippen LogP contribution in [0.15, 0.2) is 18.2 Å². The number of methoxy groups -OCH3 is 1. The first-order valence-electron chi connectivity index (χ1n) is 7.80. The van der Waals surface area contributed by atoms with Crippen molar-refractivity contribution >= 4 is 17.3 Å². The van der Waals surface area contributed by atoms with Crippen LogP contribution in [-0.2, 0) is 9.53 Å². The van der Waals surface area contributed by atoms with Crippen molar-refractivity contribution in [1.82, 2.24) is 4.90 Å². The van der Waals surface area contributed by atoms with E-state index in [1.807, 2.05) is 17.9 Å². The number of aryl methyl sites for hydroxylation is 1. The molecule has 126 valence electrons. The highest BCUT2D eigenvalue weighted by Gasteiger charge is 2.25. The Bertz CT molecular complexity index is 568. The number of amides is 1. The summed E-state index contributed by atoms with van der Waals surface area (Å²) in [7, 11) is 1.58. The fraction of sp³-hybridized carbons (Fsp3) is 0.562. The average Bonchev–Trinajstić information content (AvgIpc) is 2.55. The summed E-state index contributed by atoms with van der Waals surface area (Å²) in [5.74, 6) is 0.104. The van der Waals surface area contributed by atoms with E-state index < -0.39 is 0 Å². The summed E-state index contributed by atoms with van der Waals surface area (Å²) in [6.07, 6.45) is 1.96. The lowest BCUT2D eigenvalue weighted by molar-refractivity contribution is -0.384. The van der Waals surface area contributed by atoms with Gasteiger partial charge in [-0.1, -0.05) is 12.1 Å². The number of carbonyl (C=O) groups is 1. The highest BCUT2D eigenvalue weighted by molar-refractivity contribution is 5.76. The molecule has 1 amide bonds. The molecule has 0 saturated carbocycles. The SMILES string of the molecule is COCCC(=O)N1CCC(Nc2c(C)cccc2[N+](=O)[O-])CC1. The molecule has 1 heterocycles. The number of nitro benzene ring substituents is 1. The molecule has 0 bridgehead atoms. The second-order valence-corrected chi connectivity index (χ2v) is 5.77.